The summed E-state index contributed by atoms with van der Waals surface area (Å²) >= 11 is 0. The zero-order valence-corrected chi connectivity index (χ0v) is 10.7. The summed E-state index contributed by atoms with van der Waals surface area (Å²) in [4.78, 5) is 0. The van der Waals surface area contributed by atoms with Gasteiger partial charge in [0.05, 0.1) is 12.8 Å². The molecule has 1 N–H and O–H groups in total. The number of hydrogen-bond donors (Lipinski definition) is 1. The third-order valence-electron chi connectivity index (χ3n) is 1.94. The van der Waals surface area contributed by atoms with Gasteiger partial charge in [-0.1, -0.05) is 30.0 Å². The van der Waals surface area contributed by atoms with Crippen molar-refractivity contribution in [2.75, 3.05) is 19.4 Å². The van der Waals surface area contributed by atoms with E-state index in [9.17, 15) is 8.42 Å². The predicted octanol–water partition coefficient (Wildman–Crippen LogP) is 0.926. The Morgan fingerprint density at radius 2 is 2.00 bits per heavy atom. The zero-order chi connectivity index (χ0) is 12.7. The topological polar surface area (TPSA) is 55.4 Å². The maximum Gasteiger partial charge on any atom is 0.209 e. The third-order valence-corrected chi connectivity index (χ3v) is 2.61. The van der Waals surface area contributed by atoms with Crippen LogP contribution < -0.4 is 9.46 Å². The first kappa shape index (κ1) is 13.6. The van der Waals surface area contributed by atoms with Crippen LogP contribution in [0, 0.1) is 18.8 Å². The fourth-order valence-corrected chi connectivity index (χ4v) is 1.45. The summed E-state index contributed by atoms with van der Waals surface area (Å²) in [5, 5.41) is 0. The van der Waals surface area contributed by atoms with Gasteiger partial charge in [-0.3, -0.25) is 0 Å². The fraction of sp³-hybridized carbons (Fsp3) is 0.333. The molecule has 0 bridgehead atoms. The standard InChI is InChI=1S/C12H15NO3S/c1-11-7-3-4-8-12(11)16-10-6-5-9-13-17(2,14)15/h3-4,7-8,13H,9-10H2,1-2H3. The monoisotopic (exact) mass is 253 g/mol. The lowest BCUT2D eigenvalue weighted by Crippen LogP contribution is -2.21. The maximum atomic E-state index is 10.7. The molecule has 0 amide bonds. The highest BCUT2D eigenvalue weighted by Gasteiger charge is 1.96. The molecule has 0 aliphatic carbocycles. The summed E-state index contributed by atoms with van der Waals surface area (Å²) in [5.41, 5.74) is 1.04. The van der Waals surface area contributed by atoms with Crippen LogP contribution in [0.4, 0.5) is 0 Å². The lowest BCUT2D eigenvalue weighted by atomic mass is 10.2. The van der Waals surface area contributed by atoms with Gasteiger partial charge in [0.25, 0.3) is 0 Å². The Hall–Kier alpha value is -1.51. The molecule has 0 aliphatic rings. The molecular formula is C12H15NO3S. The molecule has 0 heterocycles. The number of hydrogen-bond acceptors (Lipinski definition) is 3. The van der Waals surface area contributed by atoms with Crippen molar-refractivity contribution in [1.29, 1.82) is 0 Å². The number of rotatable bonds is 4. The molecule has 17 heavy (non-hydrogen) atoms. The van der Waals surface area contributed by atoms with Crippen molar-refractivity contribution < 1.29 is 13.2 Å². The molecule has 5 heteroatoms. The summed E-state index contributed by atoms with van der Waals surface area (Å²) < 4.78 is 29.1. The number of ether oxygens (including phenoxy) is 1. The lowest BCUT2D eigenvalue weighted by Gasteiger charge is -2.04. The van der Waals surface area contributed by atoms with Crippen molar-refractivity contribution in [3.05, 3.63) is 29.8 Å². The van der Waals surface area contributed by atoms with E-state index in [0.29, 0.717) is 0 Å². The lowest BCUT2D eigenvalue weighted by molar-refractivity contribution is 0.367. The zero-order valence-electron chi connectivity index (χ0n) is 9.86. The van der Waals surface area contributed by atoms with Crippen LogP contribution in [-0.2, 0) is 10.0 Å². The molecule has 0 radical (unpaired) electrons. The van der Waals surface area contributed by atoms with E-state index in [1.54, 1.807) is 0 Å². The van der Waals surface area contributed by atoms with Crippen LogP contribution in [0.15, 0.2) is 24.3 Å². The van der Waals surface area contributed by atoms with Crippen LogP contribution >= 0.6 is 0 Å². The van der Waals surface area contributed by atoms with Crippen LogP contribution in [0.2, 0.25) is 0 Å². The predicted molar refractivity (Wildman–Crippen MR) is 67.3 cm³/mol. The van der Waals surface area contributed by atoms with E-state index in [2.05, 4.69) is 16.6 Å². The summed E-state index contributed by atoms with van der Waals surface area (Å²) in [6.45, 7) is 2.31. The molecule has 0 spiro atoms. The van der Waals surface area contributed by atoms with Gasteiger partial charge in [-0.15, -0.1) is 0 Å². The van der Waals surface area contributed by atoms with Crippen molar-refractivity contribution in [2.24, 2.45) is 0 Å². The maximum absolute atomic E-state index is 10.7. The van der Waals surface area contributed by atoms with Gasteiger partial charge in [0.2, 0.25) is 10.0 Å². The minimum absolute atomic E-state index is 0.107. The Morgan fingerprint density at radius 1 is 1.29 bits per heavy atom. The third kappa shape index (κ3) is 5.95. The number of benzene rings is 1. The highest BCUT2D eigenvalue weighted by molar-refractivity contribution is 7.88. The van der Waals surface area contributed by atoms with E-state index in [1.165, 1.54) is 0 Å². The van der Waals surface area contributed by atoms with Gasteiger partial charge in [0.15, 0.2) is 0 Å². The molecule has 0 aliphatic heterocycles. The number of sulfonamides is 1. The van der Waals surface area contributed by atoms with Gasteiger partial charge in [-0.05, 0) is 18.6 Å². The minimum Gasteiger partial charge on any atom is -0.481 e. The highest BCUT2D eigenvalue weighted by Crippen LogP contribution is 2.15. The van der Waals surface area contributed by atoms with Gasteiger partial charge < -0.3 is 4.74 Å². The van der Waals surface area contributed by atoms with Crippen LogP contribution in [0.1, 0.15) is 5.56 Å². The Kier molecular flexibility index (Phi) is 5.01. The molecule has 0 saturated carbocycles. The molecule has 92 valence electrons. The Balaban J connectivity index is 2.34. The van der Waals surface area contributed by atoms with Gasteiger partial charge in [-0.25, -0.2) is 13.1 Å². The van der Waals surface area contributed by atoms with Crippen LogP contribution in [0.3, 0.4) is 0 Å². The van der Waals surface area contributed by atoms with Gasteiger partial charge in [0, 0.05) is 0 Å². The van der Waals surface area contributed by atoms with E-state index in [1.807, 2.05) is 31.2 Å². The molecule has 0 saturated heterocycles. The molecule has 0 aromatic heterocycles. The van der Waals surface area contributed by atoms with E-state index in [4.69, 9.17) is 4.74 Å². The molecule has 1 aromatic rings. The van der Waals surface area contributed by atoms with Crippen molar-refractivity contribution >= 4 is 10.0 Å². The van der Waals surface area contributed by atoms with E-state index >= 15 is 0 Å². The Morgan fingerprint density at radius 3 is 2.65 bits per heavy atom. The molecule has 4 nitrogen and oxygen atoms in total. The second kappa shape index (κ2) is 6.28. The van der Waals surface area contributed by atoms with Gasteiger partial charge >= 0.3 is 0 Å². The Bertz CT molecular complexity index is 526. The average molecular weight is 253 g/mol. The van der Waals surface area contributed by atoms with E-state index in [0.717, 1.165) is 17.6 Å². The van der Waals surface area contributed by atoms with Crippen LogP contribution in [0.25, 0.3) is 0 Å². The van der Waals surface area contributed by atoms with E-state index in [-0.39, 0.29) is 13.2 Å². The largest absolute Gasteiger partial charge is 0.481 e. The van der Waals surface area contributed by atoms with Crippen LogP contribution in [-0.4, -0.2) is 27.8 Å². The van der Waals surface area contributed by atoms with Crippen molar-refractivity contribution in [2.45, 2.75) is 6.92 Å². The fourth-order valence-electron chi connectivity index (χ4n) is 1.11. The van der Waals surface area contributed by atoms with Gasteiger partial charge in [-0.2, -0.15) is 0 Å². The summed E-state index contributed by atoms with van der Waals surface area (Å²) in [6, 6.07) is 7.64. The molecule has 0 atom stereocenters. The number of nitrogens with one attached hydrogen (secondary N) is 1. The first-order valence-electron chi connectivity index (χ1n) is 5.08. The minimum atomic E-state index is -3.16. The quantitative estimate of drug-likeness (QED) is 0.812. The molecule has 1 rings (SSSR count). The van der Waals surface area contributed by atoms with Crippen LogP contribution in [0.5, 0.6) is 5.75 Å². The molecule has 0 unspecified atom stereocenters. The Labute approximate surface area is 102 Å². The molecular weight excluding hydrogens is 238 g/mol. The second-order valence-corrected chi connectivity index (χ2v) is 5.33. The number of para-hydroxylation sites is 1. The summed E-state index contributed by atoms with van der Waals surface area (Å²) in [7, 11) is -3.16. The number of aryl methyl sites for hydroxylation is 1. The molecule has 1 aromatic carbocycles. The van der Waals surface area contributed by atoms with Gasteiger partial charge in [0.1, 0.15) is 12.4 Å². The van der Waals surface area contributed by atoms with E-state index < -0.39 is 10.0 Å². The second-order valence-electron chi connectivity index (χ2n) is 3.50. The molecule has 0 fully saturated rings. The SMILES string of the molecule is Cc1ccccc1OCC#CCNS(C)(=O)=O. The average Bonchev–Trinajstić information content (AvgIpc) is 2.24. The van der Waals surface area contributed by atoms with Crippen molar-refractivity contribution in [1.82, 2.24) is 4.72 Å². The first-order chi connectivity index (χ1) is 7.99. The summed E-state index contributed by atoms with van der Waals surface area (Å²) in [5.74, 6) is 6.19. The van der Waals surface area contributed by atoms with Crippen molar-refractivity contribution in [3.8, 4) is 17.6 Å². The first-order valence-corrected chi connectivity index (χ1v) is 6.97. The smallest absolute Gasteiger partial charge is 0.209 e. The van der Waals surface area contributed by atoms with Crippen molar-refractivity contribution in [3.63, 3.8) is 0 Å². The normalized spacial score (nSPS) is 10.5. The highest BCUT2D eigenvalue weighted by atomic mass is 32.2. The summed E-state index contributed by atoms with van der Waals surface area (Å²) in [6.07, 6.45) is 1.10.